The van der Waals surface area contributed by atoms with Gasteiger partial charge in [-0.1, -0.05) is 114 Å². The lowest BCUT2D eigenvalue weighted by Crippen LogP contribution is -2.34. The van der Waals surface area contributed by atoms with E-state index in [0.29, 0.717) is 25.0 Å². The van der Waals surface area contributed by atoms with Gasteiger partial charge < -0.3 is 29.9 Å². The molecule has 1 heterocycles. The van der Waals surface area contributed by atoms with Crippen LogP contribution < -0.4 is 5.73 Å². The highest BCUT2D eigenvalue weighted by molar-refractivity contribution is 7.47. The van der Waals surface area contributed by atoms with Gasteiger partial charge >= 0.3 is 25.7 Å². The van der Waals surface area contributed by atoms with Gasteiger partial charge in [-0.05, 0) is 77.0 Å². The highest BCUT2D eigenvalue weighted by Gasteiger charge is 2.36. The van der Waals surface area contributed by atoms with E-state index in [2.05, 4.69) is 67.0 Å². The molecule has 1 aliphatic rings. The summed E-state index contributed by atoms with van der Waals surface area (Å²) in [5.41, 5.74) is 5.32. The fourth-order valence-corrected chi connectivity index (χ4v) is 6.33. The van der Waals surface area contributed by atoms with Gasteiger partial charge in [0, 0.05) is 12.8 Å². The number of hydrogen-bond acceptors (Lipinski definition) is 10. The van der Waals surface area contributed by atoms with Gasteiger partial charge in [0.05, 0.1) is 25.4 Å². The Kier molecular flexibility index (Phi) is 30.7. The minimum Gasteiger partial charge on any atom is -0.480 e. The molecule has 12 nitrogen and oxygen atoms in total. The Morgan fingerprint density at radius 1 is 0.673 bits per heavy atom. The molecule has 13 heteroatoms. The molecule has 0 bridgehead atoms. The summed E-state index contributed by atoms with van der Waals surface area (Å²) >= 11 is 0. The zero-order chi connectivity index (χ0) is 40.4. The SMILES string of the molecule is CCCCC/C=C\C/C=C\C/C=C\CCCCC(=O)OC[C@H](COP(=O)(O)OC[C@H](N)C(=O)O)OC(=O)CCCCCCC/C=C\CC1OC1CCCCC. The Morgan fingerprint density at radius 2 is 1.20 bits per heavy atom. The van der Waals surface area contributed by atoms with E-state index < -0.39 is 51.1 Å². The van der Waals surface area contributed by atoms with E-state index in [0.717, 1.165) is 70.6 Å². The summed E-state index contributed by atoms with van der Waals surface area (Å²) < 4.78 is 38.3. The maximum atomic E-state index is 12.6. The summed E-state index contributed by atoms with van der Waals surface area (Å²) in [5.74, 6) is -2.46. The number of carboxylic acid groups (broad SMARTS) is 1. The third-order valence-electron chi connectivity index (χ3n) is 8.97. The number of rotatable bonds is 37. The summed E-state index contributed by atoms with van der Waals surface area (Å²) in [6, 6.07) is -1.53. The van der Waals surface area contributed by atoms with Crippen LogP contribution in [0.5, 0.6) is 0 Å². The lowest BCUT2D eigenvalue weighted by atomic mass is 10.1. The van der Waals surface area contributed by atoms with Crippen LogP contribution in [0.4, 0.5) is 0 Å². The molecule has 0 amide bonds. The van der Waals surface area contributed by atoms with Crippen molar-refractivity contribution in [2.75, 3.05) is 19.8 Å². The van der Waals surface area contributed by atoms with E-state index in [-0.39, 0.29) is 19.4 Å². The summed E-state index contributed by atoms with van der Waals surface area (Å²) in [6.07, 6.45) is 37.8. The average molecular weight is 798 g/mol. The van der Waals surface area contributed by atoms with Crippen molar-refractivity contribution in [3.8, 4) is 0 Å². The van der Waals surface area contributed by atoms with E-state index in [1.807, 2.05) is 0 Å². The highest BCUT2D eigenvalue weighted by atomic mass is 31.2. The number of aliphatic carboxylic acids is 1. The average Bonchev–Trinajstić information content (AvgIpc) is 3.91. The van der Waals surface area contributed by atoms with Crippen LogP contribution in [-0.4, -0.2) is 72.1 Å². The largest absolute Gasteiger partial charge is 0.480 e. The molecule has 3 unspecified atom stereocenters. The Morgan fingerprint density at radius 3 is 1.87 bits per heavy atom. The molecular weight excluding hydrogens is 725 g/mol. The minimum absolute atomic E-state index is 0.130. The van der Waals surface area contributed by atoms with Gasteiger partial charge in [0.25, 0.3) is 0 Å². The van der Waals surface area contributed by atoms with Crippen LogP contribution in [0.1, 0.15) is 155 Å². The molecule has 0 aromatic rings. The zero-order valence-electron chi connectivity index (χ0n) is 33.7. The lowest BCUT2D eigenvalue weighted by Gasteiger charge is -2.20. The maximum Gasteiger partial charge on any atom is 0.472 e. The van der Waals surface area contributed by atoms with Crippen molar-refractivity contribution in [1.82, 2.24) is 0 Å². The number of ether oxygens (including phenoxy) is 3. The van der Waals surface area contributed by atoms with Gasteiger partial charge in [-0.2, -0.15) is 0 Å². The molecule has 1 fully saturated rings. The molecule has 4 N–H and O–H groups in total. The van der Waals surface area contributed by atoms with Gasteiger partial charge in [0.1, 0.15) is 12.6 Å². The third-order valence-corrected chi connectivity index (χ3v) is 9.92. The molecule has 0 aliphatic carbocycles. The van der Waals surface area contributed by atoms with Crippen LogP contribution in [0, 0.1) is 0 Å². The first-order valence-corrected chi connectivity index (χ1v) is 22.3. The minimum atomic E-state index is -4.73. The van der Waals surface area contributed by atoms with Crippen molar-refractivity contribution < 1.29 is 52.2 Å². The second-order valence-corrected chi connectivity index (χ2v) is 15.6. The van der Waals surface area contributed by atoms with Crippen LogP contribution >= 0.6 is 7.82 Å². The Hall–Kier alpha value is -2.60. The number of carbonyl (C=O) groups is 3. The summed E-state index contributed by atoms with van der Waals surface area (Å²) in [6.45, 7) is 2.67. The fourth-order valence-electron chi connectivity index (χ4n) is 5.55. The number of unbranched alkanes of at least 4 members (excludes halogenated alkanes) is 12. The van der Waals surface area contributed by atoms with Gasteiger partial charge in [-0.25, -0.2) is 4.57 Å². The standard InChI is InChI=1S/C42H72NO11P/c1-3-5-7-8-9-10-11-12-13-14-15-16-20-23-27-31-40(44)50-33-36(34-51-55(48,49)52-35-37(43)42(46)47)53-41(45)32-28-24-21-18-17-19-22-26-30-39-38(54-39)29-25-6-4-2/h9-10,12-13,15-16,22,26,36-39H,3-8,11,14,17-21,23-25,27-35,43H2,1-2H3,(H,46,47)(H,48,49)/b10-9-,13-12-,16-15-,26-22-/t36-,37+,38?,39?/m1/s1. The number of nitrogens with two attached hydrogens (primary N) is 1. The van der Waals surface area contributed by atoms with Crippen molar-refractivity contribution in [2.24, 2.45) is 5.73 Å². The Balaban J connectivity index is 2.34. The van der Waals surface area contributed by atoms with E-state index in [4.69, 9.17) is 29.6 Å². The molecule has 1 saturated heterocycles. The van der Waals surface area contributed by atoms with Gasteiger partial charge in [-0.3, -0.25) is 23.4 Å². The normalized spacial score (nSPS) is 18.0. The highest BCUT2D eigenvalue weighted by Crippen LogP contribution is 2.43. The number of phosphoric acid groups is 1. The van der Waals surface area contributed by atoms with E-state index in [1.54, 1.807) is 0 Å². The van der Waals surface area contributed by atoms with Gasteiger partial charge in [0.15, 0.2) is 6.10 Å². The first kappa shape index (κ1) is 50.4. The quantitative estimate of drug-likeness (QED) is 0.0178. The molecule has 0 spiro atoms. The van der Waals surface area contributed by atoms with E-state index in [9.17, 15) is 23.8 Å². The van der Waals surface area contributed by atoms with Crippen LogP contribution in [0.3, 0.4) is 0 Å². The molecule has 1 rings (SSSR count). The topological polar surface area (TPSA) is 184 Å². The number of carbonyl (C=O) groups excluding carboxylic acids is 2. The fraction of sp³-hybridized carbons (Fsp3) is 0.738. The number of phosphoric ester groups is 1. The zero-order valence-corrected chi connectivity index (χ0v) is 34.6. The maximum absolute atomic E-state index is 12.6. The second kappa shape index (κ2) is 33.5. The molecule has 1 aliphatic heterocycles. The van der Waals surface area contributed by atoms with Crippen molar-refractivity contribution in [2.45, 2.75) is 179 Å². The van der Waals surface area contributed by atoms with E-state index >= 15 is 0 Å². The summed E-state index contributed by atoms with van der Waals surface area (Å²) in [7, 11) is -4.73. The van der Waals surface area contributed by atoms with Gasteiger partial charge in [0.2, 0.25) is 0 Å². The van der Waals surface area contributed by atoms with Crippen molar-refractivity contribution >= 4 is 25.7 Å². The molecule has 316 valence electrons. The van der Waals surface area contributed by atoms with Crippen LogP contribution in [0.15, 0.2) is 48.6 Å². The Labute approximate surface area is 330 Å². The van der Waals surface area contributed by atoms with Crippen molar-refractivity contribution in [1.29, 1.82) is 0 Å². The molecular formula is C42H72NO11P. The number of esters is 2. The number of allylic oxidation sites excluding steroid dienone is 7. The molecule has 0 saturated carbocycles. The second-order valence-electron chi connectivity index (χ2n) is 14.1. The predicted octanol–water partition coefficient (Wildman–Crippen LogP) is 9.60. The Bertz CT molecular complexity index is 1190. The third kappa shape index (κ3) is 31.2. The smallest absolute Gasteiger partial charge is 0.472 e. The van der Waals surface area contributed by atoms with Gasteiger partial charge in [-0.15, -0.1) is 0 Å². The molecule has 0 aromatic carbocycles. The van der Waals surface area contributed by atoms with Crippen LogP contribution in [0.25, 0.3) is 0 Å². The first-order valence-electron chi connectivity index (χ1n) is 20.8. The predicted molar refractivity (Wildman–Crippen MR) is 216 cm³/mol. The first-order chi connectivity index (χ1) is 26.6. The molecule has 0 aromatic heterocycles. The monoisotopic (exact) mass is 797 g/mol. The number of hydrogen-bond donors (Lipinski definition) is 3. The van der Waals surface area contributed by atoms with Crippen LogP contribution in [0.2, 0.25) is 0 Å². The molecule has 5 atom stereocenters. The van der Waals surface area contributed by atoms with Crippen LogP contribution in [-0.2, 0) is 42.2 Å². The summed E-state index contributed by atoms with van der Waals surface area (Å²) in [5, 5.41) is 8.88. The molecule has 55 heavy (non-hydrogen) atoms. The number of epoxide rings is 1. The number of carboxylic acids is 1. The van der Waals surface area contributed by atoms with E-state index in [1.165, 1.54) is 44.9 Å². The lowest BCUT2D eigenvalue weighted by molar-refractivity contribution is -0.161. The summed E-state index contributed by atoms with van der Waals surface area (Å²) in [4.78, 5) is 45.9. The molecule has 0 radical (unpaired) electrons. The van der Waals surface area contributed by atoms with Crippen molar-refractivity contribution in [3.05, 3.63) is 48.6 Å². The van der Waals surface area contributed by atoms with Crippen molar-refractivity contribution in [3.63, 3.8) is 0 Å².